The van der Waals surface area contributed by atoms with Crippen LogP contribution in [0, 0.1) is 20.8 Å². The number of aromatic nitrogens is 4. The molecule has 2 aromatic heterocycles. The molecule has 0 saturated heterocycles. The highest BCUT2D eigenvalue weighted by atomic mass is 79.9. The van der Waals surface area contributed by atoms with Gasteiger partial charge in [-0.15, -0.1) is 0 Å². The molecule has 1 aliphatic rings. The first kappa shape index (κ1) is 23.5. The summed E-state index contributed by atoms with van der Waals surface area (Å²) in [5.41, 5.74) is 4.03. The minimum Gasteiger partial charge on any atom is -0.323 e. The largest absolute Gasteiger partial charge is 0.436 e. The summed E-state index contributed by atoms with van der Waals surface area (Å²) in [6, 6.07) is 8.04. The Morgan fingerprint density at radius 3 is 2.48 bits per heavy atom. The molecular formula is C23H25BrF3N5O. The zero-order valence-corrected chi connectivity index (χ0v) is 20.2. The second-order valence-corrected chi connectivity index (χ2v) is 9.26. The molecule has 3 aromatic rings. The van der Waals surface area contributed by atoms with Crippen LogP contribution in [0.2, 0.25) is 0 Å². The van der Waals surface area contributed by atoms with Crippen LogP contribution in [0.15, 0.2) is 28.7 Å². The van der Waals surface area contributed by atoms with Gasteiger partial charge in [-0.05, 0) is 60.7 Å². The van der Waals surface area contributed by atoms with E-state index in [2.05, 4.69) is 31.4 Å². The monoisotopic (exact) mass is 523 g/mol. The lowest BCUT2D eigenvalue weighted by Crippen LogP contribution is -2.17. The van der Waals surface area contributed by atoms with Gasteiger partial charge in [-0.3, -0.25) is 14.2 Å². The summed E-state index contributed by atoms with van der Waals surface area (Å²) < 4.78 is 43.0. The van der Waals surface area contributed by atoms with E-state index in [1.54, 1.807) is 0 Å². The predicted molar refractivity (Wildman–Crippen MR) is 122 cm³/mol. The topological polar surface area (TPSA) is 64.7 Å². The normalized spacial score (nSPS) is 14.0. The molecular weight excluding hydrogens is 499 g/mol. The van der Waals surface area contributed by atoms with E-state index in [9.17, 15) is 18.0 Å². The number of nitrogens with zero attached hydrogens (tertiary/aromatic N) is 4. The molecule has 6 nitrogen and oxygen atoms in total. The quantitative estimate of drug-likeness (QED) is 0.429. The van der Waals surface area contributed by atoms with Crippen molar-refractivity contribution in [2.24, 2.45) is 0 Å². The molecule has 0 bridgehead atoms. The van der Waals surface area contributed by atoms with Gasteiger partial charge in [0.15, 0.2) is 5.69 Å². The number of rotatable bonds is 7. The fraction of sp³-hybridized carbons (Fsp3) is 0.435. The minimum atomic E-state index is -4.55. The number of aryl methyl sites for hydroxylation is 3. The summed E-state index contributed by atoms with van der Waals surface area (Å²) in [7, 11) is 0. The van der Waals surface area contributed by atoms with Gasteiger partial charge in [-0.1, -0.05) is 24.3 Å². The molecule has 1 saturated carbocycles. The van der Waals surface area contributed by atoms with Crippen LogP contribution in [0.1, 0.15) is 59.1 Å². The van der Waals surface area contributed by atoms with Gasteiger partial charge < -0.3 is 5.32 Å². The molecule has 1 N–H and O–H groups in total. The van der Waals surface area contributed by atoms with Gasteiger partial charge in [-0.25, -0.2) is 0 Å². The number of carbonyl (C=O) groups is 1. The van der Waals surface area contributed by atoms with Crippen LogP contribution < -0.4 is 5.32 Å². The predicted octanol–water partition coefficient (Wildman–Crippen LogP) is 5.74. The lowest BCUT2D eigenvalue weighted by Gasteiger charge is -2.10. The average Bonchev–Trinajstić information content (AvgIpc) is 3.47. The summed E-state index contributed by atoms with van der Waals surface area (Å²) in [5, 5.41) is 11.2. The molecule has 0 atom stereocenters. The van der Waals surface area contributed by atoms with Crippen LogP contribution in [-0.4, -0.2) is 25.5 Å². The molecule has 4 rings (SSSR count). The number of amides is 1. The van der Waals surface area contributed by atoms with Crippen molar-refractivity contribution in [2.75, 3.05) is 5.32 Å². The minimum absolute atomic E-state index is 0.00694. The average molecular weight is 524 g/mol. The molecule has 0 aliphatic heterocycles. The van der Waals surface area contributed by atoms with Gasteiger partial charge in [0.2, 0.25) is 5.91 Å². The number of anilines is 1. The SMILES string of the molecule is Cc1ccccc1Cn1nc(C)c(NC(=O)CCn2nc(C(F)(F)F)c(Br)c2C2CC2)c1C. The number of carbonyl (C=O) groups excluding carboxylic acids is 1. The Kier molecular flexibility index (Phi) is 6.39. The van der Waals surface area contributed by atoms with E-state index in [0.717, 1.165) is 29.7 Å². The Hall–Kier alpha value is -2.62. The van der Waals surface area contributed by atoms with Gasteiger partial charge in [0, 0.05) is 12.3 Å². The van der Waals surface area contributed by atoms with Crippen molar-refractivity contribution in [1.29, 1.82) is 0 Å². The molecule has 1 amide bonds. The second-order valence-electron chi connectivity index (χ2n) is 8.47. The van der Waals surface area contributed by atoms with Crippen LogP contribution in [0.5, 0.6) is 0 Å². The zero-order chi connectivity index (χ0) is 23.9. The molecule has 176 valence electrons. The van der Waals surface area contributed by atoms with Gasteiger partial charge >= 0.3 is 6.18 Å². The highest BCUT2D eigenvalue weighted by molar-refractivity contribution is 9.10. The first-order valence-electron chi connectivity index (χ1n) is 10.8. The Morgan fingerprint density at radius 1 is 1.15 bits per heavy atom. The molecule has 2 heterocycles. The molecule has 1 fully saturated rings. The van der Waals surface area contributed by atoms with E-state index in [0.29, 0.717) is 23.6 Å². The number of alkyl halides is 3. The molecule has 10 heteroatoms. The van der Waals surface area contributed by atoms with Crippen LogP contribution in [0.3, 0.4) is 0 Å². The number of halogens is 4. The fourth-order valence-electron chi connectivity index (χ4n) is 3.94. The molecule has 33 heavy (non-hydrogen) atoms. The Morgan fingerprint density at radius 2 is 1.85 bits per heavy atom. The molecule has 1 aromatic carbocycles. The molecule has 0 spiro atoms. The van der Waals surface area contributed by atoms with Gasteiger partial charge in [0.05, 0.1) is 40.3 Å². The van der Waals surface area contributed by atoms with E-state index in [1.165, 1.54) is 4.68 Å². The standard InChI is InChI=1S/C23H25BrF3N5O/c1-13-6-4-5-7-17(13)12-32-15(3)20(14(2)29-32)28-18(33)10-11-31-21(16-8-9-16)19(24)22(30-31)23(25,26)27/h4-7,16H,8-12H2,1-3H3,(H,28,33). The van der Waals surface area contributed by atoms with Crippen LogP contribution >= 0.6 is 15.9 Å². The van der Waals surface area contributed by atoms with Crippen molar-refractivity contribution in [3.05, 3.63) is 62.6 Å². The Labute approximate surface area is 198 Å². The lowest BCUT2D eigenvalue weighted by molar-refractivity contribution is -0.142. The van der Waals surface area contributed by atoms with E-state index in [4.69, 9.17) is 0 Å². The maximum absolute atomic E-state index is 13.3. The highest BCUT2D eigenvalue weighted by Crippen LogP contribution is 2.47. The molecule has 0 radical (unpaired) electrons. The van der Waals surface area contributed by atoms with Crippen molar-refractivity contribution in [2.45, 2.75) is 65.2 Å². The summed E-state index contributed by atoms with van der Waals surface area (Å²) in [5.74, 6) is -0.242. The molecule has 1 aliphatic carbocycles. The van der Waals surface area contributed by atoms with Crippen molar-refractivity contribution >= 4 is 27.5 Å². The number of hydrogen-bond acceptors (Lipinski definition) is 3. The number of nitrogens with one attached hydrogen (secondary N) is 1. The van der Waals surface area contributed by atoms with E-state index < -0.39 is 11.9 Å². The smallest absolute Gasteiger partial charge is 0.323 e. The Balaban J connectivity index is 1.46. The van der Waals surface area contributed by atoms with Crippen LogP contribution in [-0.2, 0) is 24.1 Å². The van der Waals surface area contributed by atoms with Crippen LogP contribution in [0.25, 0.3) is 0 Å². The lowest BCUT2D eigenvalue weighted by atomic mass is 10.1. The van der Waals surface area contributed by atoms with Crippen molar-refractivity contribution < 1.29 is 18.0 Å². The number of benzene rings is 1. The van der Waals surface area contributed by atoms with Crippen molar-refractivity contribution in [1.82, 2.24) is 19.6 Å². The maximum atomic E-state index is 13.3. The van der Waals surface area contributed by atoms with Crippen molar-refractivity contribution in [3.63, 3.8) is 0 Å². The first-order chi connectivity index (χ1) is 15.6. The van der Waals surface area contributed by atoms with Gasteiger partial charge in [-0.2, -0.15) is 23.4 Å². The van der Waals surface area contributed by atoms with E-state index in [1.807, 2.05) is 49.7 Å². The third kappa shape index (κ3) is 5.00. The van der Waals surface area contributed by atoms with Crippen LogP contribution in [0.4, 0.5) is 18.9 Å². The van der Waals surface area contributed by atoms with E-state index >= 15 is 0 Å². The summed E-state index contributed by atoms with van der Waals surface area (Å²) in [6.45, 7) is 6.41. The fourth-order valence-corrected chi connectivity index (χ4v) is 4.77. The van der Waals surface area contributed by atoms with E-state index in [-0.39, 0.29) is 29.3 Å². The number of hydrogen-bond donors (Lipinski definition) is 1. The highest BCUT2D eigenvalue weighted by Gasteiger charge is 2.41. The Bertz CT molecular complexity index is 1190. The molecule has 0 unspecified atom stereocenters. The van der Waals surface area contributed by atoms with Crippen molar-refractivity contribution in [3.8, 4) is 0 Å². The third-order valence-electron chi connectivity index (χ3n) is 5.94. The summed E-state index contributed by atoms with van der Waals surface area (Å²) in [6.07, 6.45) is -2.89. The van der Waals surface area contributed by atoms with Gasteiger partial charge in [0.1, 0.15) is 0 Å². The maximum Gasteiger partial charge on any atom is 0.436 e. The third-order valence-corrected chi connectivity index (χ3v) is 6.72. The first-order valence-corrected chi connectivity index (χ1v) is 11.6. The zero-order valence-electron chi connectivity index (χ0n) is 18.6. The second kappa shape index (κ2) is 8.96. The summed E-state index contributed by atoms with van der Waals surface area (Å²) >= 11 is 3.08. The van der Waals surface area contributed by atoms with Gasteiger partial charge in [0.25, 0.3) is 0 Å². The summed E-state index contributed by atoms with van der Waals surface area (Å²) in [4.78, 5) is 12.7.